The van der Waals surface area contributed by atoms with E-state index in [0.717, 1.165) is 23.4 Å². The highest BCUT2D eigenvalue weighted by atomic mass is 35.5. The molecule has 1 amide bonds. The first-order valence-electron chi connectivity index (χ1n) is 7.45. The minimum absolute atomic E-state index is 0.00556. The van der Waals surface area contributed by atoms with Crippen LogP contribution in [0.4, 0.5) is 0 Å². The molecule has 0 unspecified atom stereocenters. The Morgan fingerprint density at radius 3 is 2.57 bits per heavy atom. The van der Waals surface area contributed by atoms with E-state index in [0.29, 0.717) is 18.7 Å². The van der Waals surface area contributed by atoms with Gasteiger partial charge in [0.15, 0.2) is 11.5 Å². The van der Waals surface area contributed by atoms with E-state index in [-0.39, 0.29) is 11.7 Å². The average Bonchev–Trinajstić information content (AvgIpc) is 2.56. The number of hydrogen-bond donors (Lipinski definition) is 2. The molecule has 0 atom stereocenters. The van der Waals surface area contributed by atoms with Crippen LogP contribution in [0.5, 0.6) is 11.5 Å². The van der Waals surface area contributed by atoms with Crippen LogP contribution in [0.2, 0.25) is 5.02 Å². The summed E-state index contributed by atoms with van der Waals surface area (Å²) in [6.07, 6.45) is 2.10. The fourth-order valence-corrected chi connectivity index (χ4v) is 2.35. The zero-order chi connectivity index (χ0) is 16.7. The van der Waals surface area contributed by atoms with Crippen molar-refractivity contribution in [2.45, 2.75) is 25.8 Å². The molecule has 2 aromatic carbocycles. The molecule has 0 fully saturated rings. The van der Waals surface area contributed by atoms with Crippen molar-refractivity contribution in [3.63, 3.8) is 0 Å². The van der Waals surface area contributed by atoms with E-state index in [1.807, 2.05) is 24.3 Å². The summed E-state index contributed by atoms with van der Waals surface area (Å²) >= 11 is 5.84. The third-order valence-electron chi connectivity index (χ3n) is 3.52. The number of methoxy groups -OCH3 is 1. The second-order valence-electron chi connectivity index (χ2n) is 5.26. The van der Waals surface area contributed by atoms with Crippen molar-refractivity contribution in [3.05, 3.63) is 58.6 Å². The normalized spacial score (nSPS) is 10.3. The van der Waals surface area contributed by atoms with Gasteiger partial charge in [-0.15, -0.1) is 0 Å². The maximum atomic E-state index is 11.9. The molecule has 0 aliphatic carbocycles. The summed E-state index contributed by atoms with van der Waals surface area (Å²) < 4.78 is 5.04. The van der Waals surface area contributed by atoms with Crippen LogP contribution in [0.25, 0.3) is 0 Å². The van der Waals surface area contributed by atoms with Crippen molar-refractivity contribution in [2.24, 2.45) is 0 Å². The first-order valence-corrected chi connectivity index (χ1v) is 7.83. The van der Waals surface area contributed by atoms with E-state index in [1.54, 1.807) is 18.2 Å². The van der Waals surface area contributed by atoms with Gasteiger partial charge in [-0.2, -0.15) is 0 Å². The summed E-state index contributed by atoms with van der Waals surface area (Å²) in [5.74, 6) is 0.496. The summed E-state index contributed by atoms with van der Waals surface area (Å²) in [6, 6.07) is 12.7. The highest BCUT2D eigenvalue weighted by Crippen LogP contribution is 2.26. The third kappa shape index (κ3) is 5.49. The lowest BCUT2D eigenvalue weighted by atomic mass is 10.1. The number of carbonyl (C=O) groups is 1. The molecule has 2 aromatic rings. The molecule has 0 spiro atoms. The van der Waals surface area contributed by atoms with Crippen LogP contribution in [0.3, 0.4) is 0 Å². The number of benzene rings is 2. The second-order valence-corrected chi connectivity index (χ2v) is 5.70. The number of ether oxygens (including phenoxy) is 1. The quantitative estimate of drug-likeness (QED) is 0.812. The SMILES string of the molecule is COc1cc(CNC(=O)CCCc2ccc(Cl)cc2)ccc1O. The van der Waals surface area contributed by atoms with Gasteiger partial charge in [-0.25, -0.2) is 0 Å². The molecule has 4 nitrogen and oxygen atoms in total. The molecule has 0 radical (unpaired) electrons. The summed E-state index contributed by atoms with van der Waals surface area (Å²) in [5.41, 5.74) is 2.05. The van der Waals surface area contributed by atoms with E-state index in [9.17, 15) is 9.90 Å². The molecule has 0 saturated heterocycles. The van der Waals surface area contributed by atoms with E-state index in [4.69, 9.17) is 16.3 Å². The fourth-order valence-electron chi connectivity index (χ4n) is 2.23. The number of aryl methyl sites for hydroxylation is 1. The largest absolute Gasteiger partial charge is 0.504 e. The van der Waals surface area contributed by atoms with E-state index in [1.165, 1.54) is 12.7 Å². The van der Waals surface area contributed by atoms with Gasteiger partial charge in [-0.05, 0) is 48.2 Å². The van der Waals surface area contributed by atoms with Crippen LogP contribution >= 0.6 is 11.6 Å². The molecule has 0 aromatic heterocycles. The molecule has 0 saturated carbocycles. The molecule has 23 heavy (non-hydrogen) atoms. The van der Waals surface area contributed by atoms with Crippen LogP contribution in [-0.2, 0) is 17.8 Å². The number of nitrogens with one attached hydrogen (secondary N) is 1. The number of hydrogen-bond acceptors (Lipinski definition) is 3. The molecule has 0 bridgehead atoms. The van der Waals surface area contributed by atoms with Gasteiger partial charge in [0.1, 0.15) is 0 Å². The van der Waals surface area contributed by atoms with Gasteiger partial charge in [0.2, 0.25) is 5.91 Å². The predicted octanol–water partition coefficient (Wildman–Crippen LogP) is 3.69. The Bertz CT molecular complexity index is 656. The smallest absolute Gasteiger partial charge is 0.220 e. The molecular weight excluding hydrogens is 314 g/mol. The summed E-state index contributed by atoms with van der Waals surface area (Å²) in [4.78, 5) is 11.9. The van der Waals surface area contributed by atoms with Crippen molar-refractivity contribution < 1.29 is 14.6 Å². The molecular formula is C18H20ClNO3. The number of aromatic hydroxyl groups is 1. The number of phenols is 1. The molecule has 0 aliphatic heterocycles. The topological polar surface area (TPSA) is 58.6 Å². The minimum Gasteiger partial charge on any atom is -0.504 e. The van der Waals surface area contributed by atoms with Crippen molar-refractivity contribution in [2.75, 3.05) is 7.11 Å². The Balaban J connectivity index is 1.73. The fraction of sp³-hybridized carbons (Fsp3) is 0.278. The van der Waals surface area contributed by atoms with Crippen molar-refractivity contribution in [1.82, 2.24) is 5.32 Å². The standard InChI is InChI=1S/C18H20ClNO3/c1-23-17-11-14(7-10-16(17)21)12-20-18(22)4-2-3-13-5-8-15(19)9-6-13/h5-11,21H,2-4,12H2,1H3,(H,20,22). The number of phenolic OH excluding ortho intramolecular Hbond substituents is 1. The maximum absolute atomic E-state index is 11.9. The first-order chi connectivity index (χ1) is 11.1. The van der Waals surface area contributed by atoms with Crippen LogP contribution in [0, 0.1) is 0 Å². The summed E-state index contributed by atoms with van der Waals surface area (Å²) in [6.45, 7) is 0.413. The summed E-state index contributed by atoms with van der Waals surface area (Å²) in [7, 11) is 1.49. The van der Waals surface area contributed by atoms with Gasteiger partial charge in [-0.1, -0.05) is 29.8 Å². The van der Waals surface area contributed by atoms with Crippen LogP contribution < -0.4 is 10.1 Å². The zero-order valence-corrected chi connectivity index (χ0v) is 13.8. The number of rotatable bonds is 7. The molecule has 122 valence electrons. The molecule has 0 heterocycles. The molecule has 2 N–H and O–H groups in total. The highest BCUT2D eigenvalue weighted by molar-refractivity contribution is 6.30. The van der Waals surface area contributed by atoms with E-state index < -0.39 is 0 Å². The lowest BCUT2D eigenvalue weighted by molar-refractivity contribution is -0.121. The monoisotopic (exact) mass is 333 g/mol. The van der Waals surface area contributed by atoms with Gasteiger partial charge >= 0.3 is 0 Å². The lowest BCUT2D eigenvalue weighted by Gasteiger charge is -2.08. The molecule has 2 rings (SSSR count). The lowest BCUT2D eigenvalue weighted by Crippen LogP contribution is -2.22. The van der Waals surface area contributed by atoms with E-state index >= 15 is 0 Å². The Hall–Kier alpha value is -2.20. The Kier molecular flexibility index (Phi) is 6.29. The Labute approximate surface area is 141 Å². The van der Waals surface area contributed by atoms with Crippen LogP contribution in [-0.4, -0.2) is 18.1 Å². The number of amides is 1. The number of halogens is 1. The molecule has 5 heteroatoms. The van der Waals surface area contributed by atoms with Crippen molar-refractivity contribution in [3.8, 4) is 11.5 Å². The van der Waals surface area contributed by atoms with E-state index in [2.05, 4.69) is 5.32 Å². The first kappa shape index (κ1) is 17.2. The van der Waals surface area contributed by atoms with Crippen LogP contribution in [0.1, 0.15) is 24.0 Å². The van der Waals surface area contributed by atoms with Crippen molar-refractivity contribution >= 4 is 17.5 Å². The average molecular weight is 334 g/mol. The zero-order valence-electron chi connectivity index (χ0n) is 13.0. The Morgan fingerprint density at radius 2 is 1.87 bits per heavy atom. The number of carbonyl (C=O) groups excluding carboxylic acids is 1. The van der Waals surface area contributed by atoms with Gasteiger partial charge in [0.05, 0.1) is 7.11 Å². The molecule has 0 aliphatic rings. The van der Waals surface area contributed by atoms with Gasteiger partial charge in [0.25, 0.3) is 0 Å². The maximum Gasteiger partial charge on any atom is 0.220 e. The summed E-state index contributed by atoms with van der Waals surface area (Å²) in [5, 5.41) is 13.1. The Morgan fingerprint density at radius 1 is 1.17 bits per heavy atom. The van der Waals surface area contributed by atoms with Crippen LogP contribution in [0.15, 0.2) is 42.5 Å². The third-order valence-corrected chi connectivity index (χ3v) is 3.77. The highest BCUT2D eigenvalue weighted by Gasteiger charge is 2.05. The van der Waals surface area contributed by atoms with Gasteiger partial charge < -0.3 is 15.2 Å². The second kappa shape index (κ2) is 8.44. The van der Waals surface area contributed by atoms with Gasteiger partial charge in [0, 0.05) is 18.0 Å². The minimum atomic E-state index is 0.00556. The van der Waals surface area contributed by atoms with Gasteiger partial charge in [-0.3, -0.25) is 4.79 Å². The van der Waals surface area contributed by atoms with Crippen molar-refractivity contribution in [1.29, 1.82) is 0 Å². The predicted molar refractivity (Wildman–Crippen MR) is 90.9 cm³/mol.